The number of carbonyl (C=O) groups excluding carboxylic acids is 1. The molecule has 1 N–H and O–H groups in total. The fraction of sp³-hybridized carbons (Fsp3) is 0.562. The van der Waals surface area contributed by atoms with Crippen molar-refractivity contribution in [1.82, 2.24) is 9.80 Å². The summed E-state index contributed by atoms with van der Waals surface area (Å²) in [6, 6.07) is 2.44. The van der Waals surface area contributed by atoms with E-state index in [4.69, 9.17) is 5.11 Å². The number of aliphatic hydroxyl groups excluding tert-OH is 1. The molecule has 114 valence electrons. The molecule has 0 saturated carbocycles. The molecule has 1 aromatic rings. The van der Waals surface area contributed by atoms with E-state index in [9.17, 15) is 4.79 Å². The summed E-state index contributed by atoms with van der Waals surface area (Å²) in [6.45, 7) is 9.61. The van der Waals surface area contributed by atoms with Crippen molar-refractivity contribution in [3.05, 3.63) is 21.4 Å². The van der Waals surface area contributed by atoms with Crippen molar-refractivity contribution in [3.8, 4) is 11.8 Å². The van der Waals surface area contributed by atoms with Crippen LogP contribution in [-0.4, -0.2) is 59.6 Å². The second-order valence-electron chi connectivity index (χ2n) is 5.50. The van der Waals surface area contributed by atoms with Gasteiger partial charge in [-0.05, 0) is 32.4 Å². The SMILES string of the molecule is Cc1cc(C(=O)N2CCN(C(C)C)CC2)sc1C#CCO. The molecule has 0 aliphatic carbocycles. The van der Waals surface area contributed by atoms with Crippen LogP contribution in [0, 0.1) is 18.8 Å². The molecule has 0 radical (unpaired) electrons. The first kappa shape index (κ1) is 16.0. The average Bonchev–Trinajstić information content (AvgIpc) is 2.85. The topological polar surface area (TPSA) is 43.8 Å². The van der Waals surface area contributed by atoms with Crippen molar-refractivity contribution >= 4 is 17.2 Å². The lowest BCUT2D eigenvalue weighted by molar-refractivity contribution is 0.0600. The predicted octanol–water partition coefficient (Wildman–Crippen LogP) is 1.57. The molecule has 4 nitrogen and oxygen atoms in total. The standard InChI is InChI=1S/C16H22N2O2S/c1-12(2)17-6-8-18(9-7-17)16(20)15-11-13(3)14(21-15)5-4-10-19/h11-12,19H,6-10H2,1-3H3. The summed E-state index contributed by atoms with van der Waals surface area (Å²) >= 11 is 1.42. The zero-order valence-electron chi connectivity index (χ0n) is 12.8. The number of piperazine rings is 1. The molecule has 1 amide bonds. The lowest BCUT2D eigenvalue weighted by atomic mass is 10.2. The highest BCUT2D eigenvalue weighted by Gasteiger charge is 2.24. The van der Waals surface area contributed by atoms with Crippen LogP contribution >= 0.6 is 11.3 Å². The van der Waals surface area contributed by atoms with E-state index in [1.807, 2.05) is 17.9 Å². The fourth-order valence-corrected chi connectivity index (χ4v) is 3.44. The van der Waals surface area contributed by atoms with Crippen molar-refractivity contribution in [1.29, 1.82) is 0 Å². The van der Waals surface area contributed by atoms with Gasteiger partial charge in [-0.3, -0.25) is 9.69 Å². The molecule has 2 heterocycles. The van der Waals surface area contributed by atoms with Crippen LogP contribution in [0.25, 0.3) is 0 Å². The first-order valence-corrected chi connectivity index (χ1v) is 8.08. The molecule has 1 aromatic heterocycles. The van der Waals surface area contributed by atoms with Crippen LogP contribution in [0.1, 0.15) is 34.0 Å². The van der Waals surface area contributed by atoms with E-state index >= 15 is 0 Å². The largest absolute Gasteiger partial charge is 0.384 e. The van der Waals surface area contributed by atoms with Gasteiger partial charge in [0, 0.05) is 32.2 Å². The van der Waals surface area contributed by atoms with E-state index in [0.717, 1.165) is 41.5 Å². The van der Waals surface area contributed by atoms with Gasteiger partial charge in [-0.2, -0.15) is 0 Å². The first-order valence-electron chi connectivity index (χ1n) is 7.26. The molecule has 1 saturated heterocycles. The number of thiophene rings is 1. The fourth-order valence-electron chi connectivity index (χ4n) is 2.43. The third-order valence-corrected chi connectivity index (χ3v) is 4.88. The summed E-state index contributed by atoms with van der Waals surface area (Å²) < 4.78 is 0. The van der Waals surface area contributed by atoms with Gasteiger partial charge in [-0.1, -0.05) is 11.8 Å². The Hall–Kier alpha value is -1.35. The molecular weight excluding hydrogens is 284 g/mol. The van der Waals surface area contributed by atoms with Gasteiger partial charge in [-0.25, -0.2) is 0 Å². The van der Waals surface area contributed by atoms with Crippen LogP contribution < -0.4 is 0 Å². The van der Waals surface area contributed by atoms with Crippen molar-refractivity contribution in [2.24, 2.45) is 0 Å². The summed E-state index contributed by atoms with van der Waals surface area (Å²) in [6.07, 6.45) is 0. The third kappa shape index (κ3) is 3.85. The number of hydrogen-bond donors (Lipinski definition) is 1. The molecule has 2 rings (SSSR count). The zero-order valence-corrected chi connectivity index (χ0v) is 13.7. The van der Waals surface area contributed by atoms with Crippen LogP contribution in [0.15, 0.2) is 6.07 Å². The van der Waals surface area contributed by atoms with E-state index in [1.165, 1.54) is 11.3 Å². The predicted molar refractivity (Wildman–Crippen MR) is 85.6 cm³/mol. The normalized spacial score (nSPS) is 16.0. The monoisotopic (exact) mass is 306 g/mol. The van der Waals surface area contributed by atoms with E-state index in [0.29, 0.717) is 6.04 Å². The van der Waals surface area contributed by atoms with Crippen LogP contribution in [-0.2, 0) is 0 Å². The van der Waals surface area contributed by atoms with Crippen LogP contribution in [0.3, 0.4) is 0 Å². The highest BCUT2D eigenvalue weighted by Crippen LogP contribution is 2.23. The number of rotatable bonds is 2. The number of carbonyl (C=O) groups is 1. The summed E-state index contributed by atoms with van der Waals surface area (Å²) in [5.74, 6) is 5.64. The highest BCUT2D eigenvalue weighted by molar-refractivity contribution is 7.14. The molecule has 1 fully saturated rings. The second kappa shape index (κ2) is 7.08. The van der Waals surface area contributed by atoms with E-state index < -0.39 is 0 Å². The van der Waals surface area contributed by atoms with Crippen molar-refractivity contribution in [2.75, 3.05) is 32.8 Å². The molecule has 1 aliphatic rings. The number of aryl methyl sites for hydroxylation is 1. The molecule has 0 aromatic carbocycles. The summed E-state index contributed by atoms with van der Waals surface area (Å²) in [5, 5.41) is 8.76. The van der Waals surface area contributed by atoms with Gasteiger partial charge in [0.1, 0.15) is 6.61 Å². The average molecular weight is 306 g/mol. The summed E-state index contributed by atoms with van der Waals surface area (Å²) in [4.78, 5) is 18.5. The minimum atomic E-state index is -0.155. The zero-order chi connectivity index (χ0) is 15.4. The number of nitrogens with zero attached hydrogens (tertiary/aromatic N) is 2. The van der Waals surface area contributed by atoms with Crippen molar-refractivity contribution in [3.63, 3.8) is 0 Å². The highest BCUT2D eigenvalue weighted by atomic mass is 32.1. The Balaban J connectivity index is 2.04. The van der Waals surface area contributed by atoms with Gasteiger partial charge < -0.3 is 10.0 Å². The maximum atomic E-state index is 12.5. The van der Waals surface area contributed by atoms with Crippen molar-refractivity contribution < 1.29 is 9.90 Å². The van der Waals surface area contributed by atoms with Gasteiger partial charge >= 0.3 is 0 Å². The Kier molecular flexibility index (Phi) is 5.40. The summed E-state index contributed by atoms with van der Waals surface area (Å²) in [7, 11) is 0. The van der Waals surface area contributed by atoms with E-state index in [1.54, 1.807) is 0 Å². The molecular formula is C16H22N2O2S. The summed E-state index contributed by atoms with van der Waals surface area (Å²) in [5.41, 5.74) is 1.00. The van der Waals surface area contributed by atoms with Gasteiger partial charge in [0.05, 0.1) is 9.75 Å². The first-order chi connectivity index (χ1) is 10.0. The van der Waals surface area contributed by atoms with Crippen molar-refractivity contribution in [2.45, 2.75) is 26.8 Å². The number of hydrogen-bond acceptors (Lipinski definition) is 4. The Labute approximate surface area is 130 Å². The molecule has 21 heavy (non-hydrogen) atoms. The molecule has 0 atom stereocenters. The van der Waals surface area contributed by atoms with Gasteiger partial charge in [-0.15, -0.1) is 11.3 Å². The number of aliphatic hydroxyl groups is 1. The van der Waals surface area contributed by atoms with Gasteiger partial charge in [0.25, 0.3) is 5.91 Å². The molecule has 5 heteroatoms. The second-order valence-corrected chi connectivity index (χ2v) is 6.56. The minimum absolute atomic E-state index is 0.101. The van der Waals surface area contributed by atoms with Gasteiger partial charge in [0.2, 0.25) is 0 Å². The van der Waals surface area contributed by atoms with E-state index in [2.05, 4.69) is 30.6 Å². The Bertz CT molecular complexity index is 561. The lowest BCUT2D eigenvalue weighted by Gasteiger charge is -2.36. The lowest BCUT2D eigenvalue weighted by Crippen LogP contribution is -2.50. The Morgan fingerprint density at radius 2 is 2.05 bits per heavy atom. The maximum Gasteiger partial charge on any atom is 0.264 e. The van der Waals surface area contributed by atoms with E-state index in [-0.39, 0.29) is 12.5 Å². The number of amides is 1. The Morgan fingerprint density at radius 1 is 1.38 bits per heavy atom. The minimum Gasteiger partial charge on any atom is -0.384 e. The molecule has 0 spiro atoms. The molecule has 0 bridgehead atoms. The quantitative estimate of drug-likeness (QED) is 0.844. The van der Waals surface area contributed by atoms with Gasteiger partial charge in [0.15, 0.2) is 0 Å². The smallest absolute Gasteiger partial charge is 0.264 e. The molecule has 1 aliphatic heterocycles. The Morgan fingerprint density at radius 3 is 2.62 bits per heavy atom. The third-order valence-electron chi connectivity index (χ3n) is 3.74. The molecule has 0 unspecified atom stereocenters. The van der Waals surface area contributed by atoms with Crippen LogP contribution in [0.2, 0.25) is 0 Å². The van der Waals surface area contributed by atoms with Crippen LogP contribution in [0.4, 0.5) is 0 Å². The van der Waals surface area contributed by atoms with Crippen LogP contribution in [0.5, 0.6) is 0 Å². The maximum absolute atomic E-state index is 12.5.